The van der Waals surface area contributed by atoms with Gasteiger partial charge in [-0.3, -0.25) is 0 Å². The third-order valence-electron chi connectivity index (χ3n) is 3.72. The van der Waals surface area contributed by atoms with E-state index in [1.807, 2.05) is 38.8 Å². The fourth-order valence-corrected chi connectivity index (χ4v) is 2.23. The molecule has 156 valence electrons. The van der Waals surface area contributed by atoms with Crippen LogP contribution in [0, 0.1) is 5.41 Å². The van der Waals surface area contributed by atoms with Crippen LogP contribution in [0.3, 0.4) is 0 Å². The van der Waals surface area contributed by atoms with Crippen LogP contribution < -0.4 is 15.4 Å². The number of alkyl halides is 2. The van der Waals surface area contributed by atoms with Gasteiger partial charge < -0.3 is 20.8 Å². The number of hydrogen-bond donors (Lipinski definition) is 2. The highest BCUT2D eigenvalue weighted by atomic mass is 19.3. The van der Waals surface area contributed by atoms with E-state index >= 15 is 0 Å². The van der Waals surface area contributed by atoms with E-state index in [1.165, 1.54) is 12.1 Å². The molecule has 0 spiro atoms. The van der Waals surface area contributed by atoms with Gasteiger partial charge in [-0.05, 0) is 36.8 Å². The van der Waals surface area contributed by atoms with Crippen LogP contribution in [-0.4, -0.2) is 37.2 Å². The van der Waals surface area contributed by atoms with Crippen molar-refractivity contribution in [3.05, 3.63) is 54.2 Å². The van der Waals surface area contributed by atoms with Crippen molar-refractivity contribution in [2.24, 2.45) is 10.7 Å². The Bertz CT molecular complexity index is 835. The maximum absolute atomic E-state index is 12.2. The van der Waals surface area contributed by atoms with Crippen LogP contribution in [0.1, 0.15) is 26.3 Å². The first-order valence-corrected chi connectivity index (χ1v) is 9.21. The second-order valence-corrected chi connectivity index (χ2v) is 5.57. The van der Waals surface area contributed by atoms with Crippen molar-refractivity contribution in [1.29, 1.82) is 5.41 Å². The van der Waals surface area contributed by atoms with Crippen LogP contribution in [0.2, 0.25) is 0 Å². The Hall–Kier alpha value is -3.29. The number of nitrogens with one attached hydrogen (secondary N) is 1. The van der Waals surface area contributed by atoms with E-state index in [1.54, 1.807) is 30.5 Å². The molecule has 3 N–H and O–H groups in total. The molecule has 1 aromatic carbocycles. The first kappa shape index (κ1) is 23.7. The minimum atomic E-state index is -2.88. The molecule has 0 radical (unpaired) electrons. The average Bonchev–Trinajstić information content (AvgIpc) is 2.73. The maximum atomic E-state index is 12.2. The quantitative estimate of drug-likeness (QED) is 0.485. The molecule has 1 heterocycles. The van der Waals surface area contributed by atoms with Crippen molar-refractivity contribution in [2.75, 3.05) is 18.5 Å². The van der Waals surface area contributed by atoms with Gasteiger partial charge in [-0.25, -0.2) is 9.98 Å². The van der Waals surface area contributed by atoms with Crippen molar-refractivity contribution < 1.29 is 13.5 Å². The van der Waals surface area contributed by atoms with Crippen molar-refractivity contribution in [3.63, 3.8) is 0 Å². The molecule has 0 unspecified atom stereocenters. The molecular weight excluding hydrogens is 376 g/mol. The molecule has 0 aliphatic carbocycles. The van der Waals surface area contributed by atoms with Crippen LogP contribution in [0.15, 0.2) is 53.7 Å². The van der Waals surface area contributed by atoms with Gasteiger partial charge in [0.05, 0.1) is 5.69 Å². The number of rotatable bonds is 8. The maximum Gasteiger partial charge on any atom is 0.387 e. The van der Waals surface area contributed by atoms with Gasteiger partial charge in [0.2, 0.25) is 0 Å². The second-order valence-electron chi connectivity index (χ2n) is 5.57. The van der Waals surface area contributed by atoms with Gasteiger partial charge in [-0.2, -0.15) is 8.78 Å². The zero-order valence-electron chi connectivity index (χ0n) is 17.1. The third kappa shape index (κ3) is 7.69. The number of hydrogen-bond acceptors (Lipinski definition) is 5. The normalized spacial score (nSPS) is 11.6. The number of nitrogens with zero attached hydrogens (tertiary/aromatic N) is 3. The molecule has 0 bridgehead atoms. The number of halogens is 2. The summed E-state index contributed by atoms with van der Waals surface area (Å²) in [5.74, 6) is 1.03. The van der Waals surface area contributed by atoms with E-state index in [9.17, 15) is 8.78 Å². The highest BCUT2D eigenvalue weighted by Crippen LogP contribution is 2.21. The zero-order chi connectivity index (χ0) is 21.8. The van der Waals surface area contributed by atoms with E-state index in [0.29, 0.717) is 16.8 Å². The number of aromatic nitrogens is 1. The van der Waals surface area contributed by atoms with E-state index in [4.69, 9.17) is 11.1 Å². The first-order valence-electron chi connectivity index (χ1n) is 9.21. The third-order valence-corrected chi connectivity index (χ3v) is 3.72. The summed E-state index contributed by atoms with van der Waals surface area (Å²) in [6, 6.07) is 9.49. The zero-order valence-corrected chi connectivity index (χ0v) is 17.1. The molecule has 0 fully saturated rings. The van der Waals surface area contributed by atoms with Crippen molar-refractivity contribution >= 4 is 29.1 Å². The van der Waals surface area contributed by atoms with Gasteiger partial charge in [0.1, 0.15) is 17.4 Å². The van der Waals surface area contributed by atoms with Crippen LogP contribution >= 0.6 is 0 Å². The fraction of sp³-hybridized carbons (Fsp3) is 0.286. The minimum Gasteiger partial charge on any atom is -0.435 e. The lowest BCUT2D eigenvalue weighted by Crippen LogP contribution is -2.16. The standard InChI is InChI=1S/C19H21F2N5O.C2H6/c1-3-26(2)18-11-15(8-9-24-18)25-17(23)10-14(12-22)13-4-6-16(7-5-13)27-19(20)21;1-2/h4-12,19,22H,3H2,1-2H3,(H2,23,24,25);1-2H3/b14-10+,22-12?;. The van der Waals surface area contributed by atoms with Gasteiger partial charge in [-0.15, -0.1) is 0 Å². The summed E-state index contributed by atoms with van der Waals surface area (Å²) >= 11 is 0. The lowest BCUT2D eigenvalue weighted by atomic mass is 10.1. The molecule has 8 heteroatoms. The number of aliphatic imine (C=N–C) groups is 1. The number of ether oxygens (including phenoxy) is 1. The Balaban J connectivity index is 0.00000204. The molecular formula is C21H27F2N5O. The van der Waals surface area contributed by atoms with Gasteiger partial charge in [0, 0.05) is 37.6 Å². The number of amidine groups is 1. The summed E-state index contributed by atoms with van der Waals surface area (Å²) < 4.78 is 28.7. The van der Waals surface area contributed by atoms with E-state index in [-0.39, 0.29) is 11.6 Å². The molecule has 0 aliphatic rings. The molecule has 6 nitrogen and oxygen atoms in total. The number of benzene rings is 1. The first-order chi connectivity index (χ1) is 13.9. The van der Waals surface area contributed by atoms with Gasteiger partial charge in [-0.1, -0.05) is 26.0 Å². The topological polar surface area (TPSA) is 87.6 Å². The molecule has 29 heavy (non-hydrogen) atoms. The fourth-order valence-electron chi connectivity index (χ4n) is 2.23. The summed E-state index contributed by atoms with van der Waals surface area (Å²) in [4.78, 5) is 10.6. The van der Waals surface area contributed by atoms with E-state index in [2.05, 4.69) is 14.7 Å². The van der Waals surface area contributed by atoms with Gasteiger partial charge in [0.25, 0.3) is 0 Å². The predicted octanol–water partition coefficient (Wildman–Crippen LogP) is 4.89. The smallest absolute Gasteiger partial charge is 0.387 e. The molecule has 2 aromatic rings. The van der Waals surface area contributed by atoms with Crippen LogP contribution in [0.4, 0.5) is 20.3 Å². The highest BCUT2D eigenvalue weighted by Gasteiger charge is 2.06. The highest BCUT2D eigenvalue weighted by molar-refractivity contribution is 6.16. The molecule has 2 rings (SSSR count). The number of pyridine rings is 1. The molecule has 0 saturated heterocycles. The Morgan fingerprint density at radius 2 is 1.93 bits per heavy atom. The predicted molar refractivity (Wildman–Crippen MR) is 116 cm³/mol. The monoisotopic (exact) mass is 403 g/mol. The summed E-state index contributed by atoms with van der Waals surface area (Å²) in [6.07, 6.45) is 4.31. The minimum absolute atomic E-state index is 0.0454. The van der Waals surface area contributed by atoms with Gasteiger partial charge in [0.15, 0.2) is 0 Å². The molecule has 0 aliphatic heterocycles. The Morgan fingerprint density at radius 1 is 1.28 bits per heavy atom. The van der Waals surface area contributed by atoms with Crippen molar-refractivity contribution in [1.82, 2.24) is 4.98 Å². The molecule has 0 saturated carbocycles. The van der Waals surface area contributed by atoms with Crippen molar-refractivity contribution in [2.45, 2.75) is 27.4 Å². The van der Waals surface area contributed by atoms with E-state index < -0.39 is 6.61 Å². The molecule has 0 amide bonds. The SMILES string of the molecule is CC.CCN(C)c1cc(N=C(N)/C=C(\C=N)c2ccc(OC(F)F)cc2)ccn1. The van der Waals surface area contributed by atoms with Crippen LogP contribution in [0.25, 0.3) is 5.57 Å². The molecule has 1 aromatic heterocycles. The summed E-state index contributed by atoms with van der Waals surface area (Å²) in [6.45, 7) is 3.94. The van der Waals surface area contributed by atoms with Crippen molar-refractivity contribution in [3.8, 4) is 5.75 Å². The Labute approximate surface area is 170 Å². The number of anilines is 1. The second kappa shape index (κ2) is 12.2. The van der Waals surface area contributed by atoms with Gasteiger partial charge >= 0.3 is 6.61 Å². The van der Waals surface area contributed by atoms with Crippen LogP contribution in [0.5, 0.6) is 5.75 Å². The largest absolute Gasteiger partial charge is 0.435 e. The summed E-state index contributed by atoms with van der Waals surface area (Å²) in [7, 11) is 1.92. The number of nitrogens with two attached hydrogens (primary N) is 1. The summed E-state index contributed by atoms with van der Waals surface area (Å²) in [5.41, 5.74) is 7.74. The number of allylic oxidation sites excluding steroid dienone is 1. The summed E-state index contributed by atoms with van der Waals surface area (Å²) in [5, 5.41) is 7.58. The molecule has 0 atom stereocenters. The van der Waals surface area contributed by atoms with E-state index in [0.717, 1.165) is 18.6 Å². The Kier molecular flexibility index (Phi) is 10.0. The Morgan fingerprint density at radius 3 is 2.48 bits per heavy atom. The average molecular weight is 403 g/mol. The lowest BCUT2D eigenvalue weighted by molar-refractivity contribution is -0.0498. The van der Waals surface area contributed by atoms with Crippen LogP contribution in [-0.2, 0) is 0 Å². The lowest BCUT2D eigenvalue weighted by Gasteiger charge is -2.15.